The minimum Gasteiger partial charge on any atom is -0.481 e. The largest absolute Gasteiger partial charge is 0.481 e. The number of ether oxygens (including phenoxy) is 1. The van der Waals surface area contributed by atoms with Gasteiger partial charge < -0.3 is 14.7 Å². The quantitative estimate of drug-likeness (QED) is 0.783. The van der Waals surface area contributed by atoms with Crippen LogP contribution in [0, 0.1) is 17.8 Å². The van der Waals surface area contributed by atoms with Gasteiger partial charge in [-0.05, 0) is 30.2 Å². The Labute approximate surface area is 136 Å². The average molecular weight is 317 g/mol. The van der Waals surface area contributed by atoms with E-state index in [1.165, 1.54) is 0 Å². The molecule has 1 amide bonds. The number of hydrogen-bond acceptors (Lipinski definition) is 3. The molecular formula is C18H23NO4. The molecule has 1 N–H and O–H groups in total. The van der Waals surface area contributed by atoms with Gasteiger partial charge in [0.2, 0.25) is 5.91 Å². The van der Waals surface area contributed by atoms with E-state index < -0.39 is 11.9 Å². The van der Waals surface area contributed by atoms with Crippen LogP contribution in [-0.2, 0) is 20.9 Å². The van der Waals surface area contributed by atoms with Crippen molar-refractivity contribution in [3.05, 3.63) is 35.9 Å². The average Bonchev–Trinajstić information content (AvgIpc) is 3.30. The van der Waals surface area contributed by atoms with Crippen molar-refractivity contribution in [2.75, 3.05) is 19.7 Å². The lowest BCUT2D eigenvalue weighted by Gasteiger charge is -2.16. The van der Waals surface area contributed by atoms with E-state index in [4.69, 9.17) is 4.74 Å². The lowest BCUT2D eigenvalue weighted by atomic mass is 9.92. The number of carboxylic acids is 1. The fraction of sp³-hybridized carbons (Fsp3) is 0.556. The molecular weight excluding hydrogens is 294 g/mol. The summed E-state index contributed by atoms with van der Waals surface area (Å²) in [6.07, 6.45) is 2.53. The van der Waals surface area contributed by atoms with Crippen LogP contribution in [-0.4, -0.2) is 41.6 Å². The number of nitrogens with zero attached hydrogens (tertiary/aromatic N) is 1. The number of amides is 1. The molecule has 0 unspecified atom stereocenters. The van der Waals surface area contributed by atoms with E-state index in [1.54, 1.807) is 4.90 Å². The van der Waals surface area contributed by atoms with Crippen molar-refractivity contribution in [2.45, 2.75) is 25.9 Å². The maximum Gasteiger partial charge on any atom is 0.308 e. The van der Waals surface area contributed by atoms with E-state index in [0.29, 0.717) is 38.6 Å². The van der Waals surface area contributed by atoms with Gasteiger partial charge >= 0.3 is 5.97 Å². The SMILES string of the molecule is O=C(O)[C@H]1CN(C(=O)CCOCc2ccccc2)C[C@@H]1C1CC1. The fourth-order valence-corrected chi connectivity index (χ4v) is 3.38. The van der Waals surface area contributed by atoms with Gasteiger partial charge in [-0.15, -0.1) is 0 Å². The first-order valence-electron chi connectivity index (χ1n) is 8.27. The second-order valence-corrected chi connectivity index (χ2v) is 6.53. The van der Waals surface area contributed by atoms with Crippen LogP contribution in [0.5, 0.6) is 0 Å². The molecule has 0 spiro atoms. The number of rotatable bonds is 7. The second kappa shape index (κ2) is 7.13. The Kier molecular flexibility index (Phi) is 4.96. The summed E-state index contributed by atoms with van der Waals surface area (Å²) in [5, 5.41) is 9.34. The zero-order valence-electron chi connectivity index (χ0n) is 13.2. The van der Waals surface area contributed by atoms with E-state index in [-0.39, 0.29) is 11.8 Å². The zero-order valence-corrected chi connectivity index (χ0v) is 13.2. The van der Waals surface area contributed by atoms with Crippen molar-refractivity contribution >= 4 is 11.9 Å². The Hall–Kier alpha value is -1.88. The number of benzene rings is 1. The minimum atomic E-state index is -0.766. The highest BCUT2D eigenvalue weighted by Gasteiger charge is 2.46. The number of likely N-dealkylation sites (tertiary alicyclic amines) is 1. The summed E-state index contributed by atoms with van der Waals surface area (Å²) in [5.41, 5.74) is 1.08. The van der Waals surface area contributed by atoms with Crippen LogP contribution in [0.2, 0.25) is 0 Å². The van der Waals surface area contributed by atoms with Crippen molar-refractivity contribution < 1.29 is 19.4 Å². The summed E-state index contributed by atoms with van der Waals surface area (Å²) in [6, 6.07) is 9.84. The van der Waals surface area contributed by atoms with Crippen molar-refractivity contribution in [2.24, 2.45) is 17.8 Å². The third-order valence-corrected chi connectivity index (χ3v) is 4.83. The van der Waals surface area contributed by atoms with E-state index in [9.17, 15) is 14.7 Å². The molecule has 23 heavy (non-hydrogen) atoms. The number of carboxylic acid groups (broad SMARTS) is 1. The maximum absolute atomic E-state index is 12.3. The second-order valence-electron chi connectivity index (χ2n) is 6.53. The molecule has 124 valence electrons. The predicted octanol–water partition coefficient (Wildman–Crippen LogP) is 2.16. The smallest absolute Gasteiger partial charge is 0.308 e. The van der Waals surface area contributed by atoms with Gasteiger partial charge in [-0.25, -0.2) is 0 Å². The highest BCUT2D eigenvalue weighted by molar-refractivity contribution is 5.79. The first-order chi connectivity index (χ1) is 11.1. The lowest BCUT2D eigenvalue weighted by Crippen LogP contribution is -2.30. The number of hydrogen-bond donors (Lipinski definition) is 1. The monoisotopic (exact) mass is 317 g/mol. The number of aliphatic carboxylic acids is 1. The van der Waals surface area contributed by atoms with Gasteiger partial charge in [-0.2, -0.15) is 0 Å². The zero-order chi connectivity index (χ0) is 16.2. The molecule has 2 aliphatic rings. The molecule has 0 aromatic heterocycles. The van der Waals surface area contributed by atoms with Gasteiger partial charge in [0.1, 0.15) is 0 Å². The summed E-state index contributed by atoms with van der Waals surface area (Å²) in [5.74, 6) is -0.508. The first-order valence-corrected chi connectivity index (χ1v) is 8.27. The molecule has 5 heteroatoms. The van der Waals surface area contributed by atoms with Crippen LogP contribution in [0.1, 0.15) is 24.8 Å². The van der Waals surface area contributed by atoms with Gasteiger partial charge in [-0.1, -0.05) is 30.3 Å². The third kappa shape index (κ3) is 4.10. The van der Waals surface area contributed by atoms with Crippen LogP contribution < -0.4 is 0 Å². The Balaban J connectivity index is 1.42. The van der Waals surface area contributed by atoms with Crippen molar-refractivity contribution in [1.29, 1.82) is 0 Å². The molecule has 3 rings (SSSR count). The molecule has 1 aromatic rings. The van der Waals surface area contributed by atoms with E-state index >= 15 is 0 Å². The fourth-order valence-electron chi connectivity index (χ4n) is 3.38. The molecule has 1 aromatic carbocycles. The standard InChI is InChI=1S/C18H23NO4/c20-17(8-9-23-12-13-4-2-1-3-5-13)19-10-15(14-6-7-14)16(11-19)18(21)22/h1-5,14-16H,6-12H2,(H,21,22)/t15-,16+/m1/s1. The number of carbonyl (C=O) groups is 2. The van der Waals surface area contributed by atoms with Crippen LogP contribution in [0.3, 0.4) is 0 Å². The van der Waals surface area contributed by atoms with Crippen LogP contribution in [0.4, 0.5) is 0 Å². The Morgan fingerprint density at radius 2 is 1.91 bits per heavy atom. The summed E-state index contributed by atoms with van der Waals surface area (Å²) >= 11 is 0. The molecule has 2 fully saturated rings. The van der Waals surface area contributed by atoms with Crippen LogP contribution in [0.25, 0.3) is 0 Å². The molecule has 1 saturated heterocycles. The summed E-state index contributed by atoms with van der Waals surface area (Å²) in [4.78, 5) is 25.3. The van der Waals surface area contributed by atoms with E-state index in [0.717, 1.165) is 18.4 Å². The van der Waals surface area contributed by atoms with Gasteiger partial charge in [0, 0.05) is 13.1 Å². The van der Waals surface area contributed by atoms with E-state index in [1.807, 2.05) is 30.3 Å². The molecule has 1 saturated carbocycles. The third-order valence-electron chi connectivity index (χ3n) is 4.83. The summed E-state index contributed by atoms with van der Waals surface area (Å²) in [7, 11) is 0. The van der Waals surface area contributed by atoms with E-state index in [2.05, 4.69) is 0 Å². The Morgan fingerprint density at radius 1 is 1.17 bits per heavy atom. The predicted molar refractivity (Wildman–Crippen MR) is 84.6 cm³/mol. The minimum absolute atomic E-state index is 0.00691. The van der Waals surface area contributed by atoms with Gasteiger partial charge in [0.15, 0.2) is 0 Å². The Morgan fingerprint density at radius 3 is 2.57 bits per heavy atom. The topological polar surface area (TPSA) is 66.8 Å². The normalized spacial score (nSPS) is 23.9. The maximum atomic E-state index is 12.3. The molecule has 1 aliphatic heterocycles. The van der Waals surface area contributed by atoms with Crippen molar-refractivity contribution in [3.63, 3.8) is 0 Å². The highest BCUT2D eigenvalue weighted by atomic mass is 16.5. The molecule has 5 nitrogen and oxygen atoms in total. The van der Waals surface area contributed by atoms with Crippen LogP contribution >= 0.6 is 0 Å². The molecule has 1 aliphatic carbocycles. The van der Waals surface area contributed by atoms with Crippen LogP contribution in [0.15, 0.2) is 30.3 Å². The van der Waals surface area contributed by atoms with Gasteiger partial charge in [0.25, 0.3) is 0 Å². The number of carbonyl (C=O) groups excluding carboxylic acids is 1. The van der Waals surface area contributed by atoms with Gasteiger partial charge in [-0.3, -0.25) is 9.59 Å². The van der Waals surface area contributed by atoms with Gasteiger partial charge in [0.05, 0.1) is 25.6 Å². The lowest BCUT2D eigenvalue weighted by molar-refractivity contribution is -0.142. The Bertz CT molecular complexity index is 555. The van der Waals surface area contributed by atoms with Crippen molar-refractivity contribution in [1.82, 2.24) is 4.90 Å². The molecule has 0 bridgehead atoms. The summed E-state index contributed by atoms with van der Waals surface area (Å²) in [6.45, 7) is 1.82. The molecule has 2 atom stereocenters. The molecule has 1 heterocycles. The molecule has 0 radical (unpaired) electrons. The van der Waals surface area contributed by atoms with Crippen molar-refractivity contribution in [3.8, 4) is 0 Å². The highest BCUT2D eigenvalue weighted by Crippen LogP contribution is 2.44. The summed E-state index contributed by atoms with van der Waals surface area (Å²) < 4.78 is 5.55. The first kappa shape index (κ1) is 16.0.